The Kier molecular flexibility index (Phi) is 6.61. The van der Waals surface area contributed by atoms with E-state index < -0.39 is 18.1 Å². The number of ether oxygens (including phenoxy) is 1. The highest BCUT2D eigenvalue weighted by Gasteiger charge is 2.33. The monoisotopic (exact) mass is 395 g/mol. The Morgan fingerprint density at radius 2 is 1.86 bits per heavy atom. The summed E-state index contributed by atoms with van der Waals surface area (Å²) in [4.78, 5) is 39.1. The maximum Gasteiger partial charge on any atom is 0.328 e. The molecular weight excluding hydrogens is 370 g/mol. The molecule has 1 saturated heterocycles. The predicted octanol–water partition coefficient (Wildman–Crippen LogP) is 2.49. The maximum absolute atomic E-state index is 13.0. The summed E-state index contributed by atoms with van der Waals surface area (Å²) in [6.45, 7) is 0.494. The minimum Gasteiger partial charge on any atom is -0.467 e. The number of nitrogens with zero attached hydrogens (tertiary/aromatic N) is 1. The number of esters is 1. The van der Waals surface area contributed by atoms with Gasteiger partial charge in [-0.3, -0.25) is 9.59 Å². The summed E-state index contributed by atoms with van der Waals surface area (Å²) in [7, 11) is 1.33. The number of piperidine rings is 1. The number of methoxy groups -OCH3 is 1. The summed E-state index contributed by atoms with van der Waals surface area (Å²) in [6.07, 6.45) is 2.29. The third-order valence-corrected chi connectivity index (χ3v) is 5.06. The Bertz CT molecular complexity index is 885. The molecule has 1 aliphatic heterocycles. The van der Waals surface area contributed by atoms with E-state index >= 15 is 0 Å². The van der Waals surface area contributed by atoms with Crippen LogP contribution in [0, 0.1) is 0 Å². The lowest BCUT2D eigenvalue weighted by atomic mass is 10.0. The van der Waals surface area contributed by atoms with Gasteiger partial charge in [0.05, 0.1) is 7.11 Å². The van der Waals surface area contributed by atoms with Gasteiger partial charge in [0.25, 0.3) is 5.91 Å². The molecule has 7 nitrogen and oxygen atoms in total. The number of likely N-dealkylation sites (tertiary alicyclic amines) is 1. The van der Waals surface area contributed by atoms with E-state index in [0.717, 1.165) is 12.8 Å². The summed E-state index contributed by atoms with van der Waals surface area (Å²) in [5.41, 5.74) is 7.60. The molecule has 1 fully saturated rings. The normalized spacial score (nSPS) is 17.3. The number of nitrogens with two attached hydrogens (primary N) is 1. The highest BCUT2D eigenvalue weighted by Crippen LogP contribution is 2.22. The number of rotatable bonds is 5. The van der Waals surface area contributed by atoms with E-state index in [4.69, 9.17) is 10.5 Å². The molecule has 2 unspecified atom stereocenters. The molecule has 7 heteroatoms. The van der Waals surface area contributed by atoms with Crippen molar-refractivity contribution in [2.75, 3.05) is 19.0 Å². The van der Waals surface area contributed by atoms with Gasteiger partial charge in [-0.15, -0.1) is 0 Å². The Labute approximate surface area is 169 Å². The standard InChI is InChI=1S/C22H25N3O4/c1-29-22(28)18-12-5-6-13-25(18)21(27)16-10-7-11-17(14-16)24-20(26)19(23)15-8-3-2-4-9-15/h2-4,7-11,14,18-19H,5-6,12-13,23H2,1H3,(H,24,26). The zero-order chi connectivity index (χ0) is 20.8. The van der Waals surface area contributed by atoms with Crippen molar-refractivity contribution in [2.24, 2.45) is 5.73 Å². The Morgan fingerprint density at radius 3 is 2.59 bits per heavy atom. The second-order valence-electron chi connectivity index (χ2n) is 6.99. The fourth-order valence-corrected chi connectivity index (χ4v) is 3.48. The fraction of sp³-hybridized carbons (Fsp3) is 0.318. The van der Waals surface area contributed by atoms with E-state index in [-0.39, 0.29) is 11.8 Å². The van der Waals surface area contributed by atoms with Gasteiger partial charge < -0.3 is 20.7 Å². The van der Waals surface area contributed by atoms with Crippen molar-refractivity contribution in [1.29, 1.82) is 0 Å². The molecule has 1 aliphatic rings. The Morgan fingerprint density at radius 1 is 1.10 bits per heavy atom. The molecule has 0 radical (unpaired) electrons. The number of carbonyl (C=O) groups is 3. The summed E-state index contributed by atoms with van der Waals surface area (Å²) < 4.78 is 4.85. The average molecular weight is 395 g/mol. The van der Waals surface area contributed by atoms with E-state index in [2.05, 4.69) is 5.32 Å². The van der Waals surface area contributed by atoms with Gasteiger partial charge in [-0.05, 0) is 43.0 Å². The van der Waals surface area contributed by atoms with Crippen LogP contribution in [0.2, 0.25) is 0 Å². The van der Waals surface area contributed by atoms with Crippen LogP contribution in [-0.4, -0.2) is 42.4 Å². The highest BCUT2D eigenvalue weighted by atomic mass is 16.5. The smallest absolute Gasteiger partial charge is 0.328 e. The van der Waals surface area contributed by atoms with Crippen LogP contribution in [0.3, 0.4) is 0 Å². The zero-order valence-corrected chi connectivity index (χ0v) is 16.3. The minimum absolute atomic E-state index is 0.261. The van der Waals surface area contributed by atoms with Crippen LogP contribution in [-0.2, 0) is 14.3 Å². The number of hydrogen-bond donors (Lipinski definition) is 2. The third kappa shape index (κ3) is 4.81. The van der Waals surface area contributed by atoms with Crippen LogP contribution >= 0.6 is 0 Å². The molecule has 2 atom stereocenters. The topological polar surface area (TPSA) is 102 Å². The first-order valence-corrected chi connectivity index (χ1v) is 9.61. The molecule has 3 rings (SSSR count). The maximum atomic E-state index is 13.0. The quantitative estimate of drug-likeness (QED) is 0.758. The lowest BCUT2D eigenvalue weighted by Gasteiger charge is -2.33. The van der Waals surface area contributed by atoms with Gasteiger partial charge in [0.1, 0.15) is 12.1 Å². The Balaban J connectivity index is 1.74. The van der Waals surface area contributed by atoms with E-state index in [1.165, 1.54) is 7.11 Å². The van der Waals surface area contributed by atoms with Crippen molar-refractivity contribution in [3.05, 3.63) is 65.7 Å². The lowest BCUT2D eigenvalue weighted by Crippen LogP contribution is -2.48. The largest absolute Gasteiger partial charge is 0.467 e. The van der Waals surface area contributed by atoms with Gasteiger partial charge in [0, 0.05) is 17.8 Å². The molecule has 3 N–H and O–H groups in total. The molecule has 2 aromatic carbocycles. The third-order valence-electron chi connectivity index (χ3n) is 5.06. The second kappa shape index (κ2) is 9.34. The van der Waals surface area contributed by atoms with Gasteiger partial charge in [-0.1, -0.05) is 36.4 Å². The van der Waals surface area contributed by atoms with Gasteiger partial charge >= 0.3 is 5.97 Å². The number of carbonyl (C=O) groups excluding carboxylic acids is 3. The van der Waals surface area contributed by atoms with E-state index in [0.29, 0.717) is 29.8 Å². The highest BCUT2D eigenvalue weighted by molar-refractivity contribution is 6.00. The van der Waals surface area contributed by atoms with Gasteiger partial charge in [0.2, 0.25) is 5.91 Å². The molecule has 0 aromatic heterocycles. The number of amides is 2. The summed E-state index contributed by atoms with van der Waals surface area (Å²) in [5.74, 6) is -1.04. The first-order valence-electron chi connectivity index (χ1n) is 9.61. The van der Waals surface area contributed by atoms with Crippen molar-refractivity contribution in [2.45, 2.75) is 31.3 Å². The second-order valence-corrected chi connectivity index (χ2v) is 6.99. The summed E-state index contributed by atoms with van der Waals surface area (Å²) in [6, 6.07) is 14.3. The van der Waals surface area contributed by atoms with Crippen LogP contribution in [0.1, 0.15) is 41.2 Å². The molecule has 2 amide bonds. The van der Waals surface area contributed by atoms with Crippen molar-refractivity contribution in [3.63, 3.8) is 0 Å². The van der Waals surface area contributed by atoms with Crippen molar-refractivity contribution in [3.8, 4) is 0 Å². The van der Waals surface area contributed by atoms with Gasteiger partial charge in [0.15, 0.2) is 0 Å². The van der Waals surface area contributed by atoms with Crippen LogP contribution in [0.4, 0.5) is 5.69 Å². The lowest BCUT2D eigenvalue weighted by molar-refractivity contribution is -0.147. The predicted molar refractivity (Wildman–Crippen MR) is 109 cm³/mol. The van der Waals surface area contributed by atoms with Crippen LogP contribution in [0.5, 0.6) is 0 Å². The summed E-state index contributed by atoms with van der Waals surface area (Å²) >= 11 is 0. The molecule has 0 spiro atoms. The Hall–Kier alpha value is -3.19. The molecule has 2 aromatic rings. The van der Waals surface area contributed by atoms with Gasteiger partial charge in [-0.2, -0.15) is 0 Å². The molecule has 152 valence electrons. The van der Waals surface area contributed by atoms with E-state index in [1.807, 2.05) is 18.2 Å². The van der Waals surface area contributed by atoms with Crippen molar-refractivity contribution >= 4 is 23.5 Å². The van der Waals surface area contributed by atoms with Crippen LogP contribution < -0.4 is 11.1 Å². The van der Waals surface area contributed by atoms with E-state index in [9.17, 15) is 14.4 Å². The molecule has 1 heterocycles. The zero-order valence-electron chi connectivity index (χ0n) is 16.3. The van der Waals surface area contributed by atoms with Crippen molar-refractivity contribution in [1.82, 2.24) is 4.90 Å². The van der Waals surface area contributed by atoms with Crippen LogP contribution in [0.15, 0.2) is 54.6 Å². The van der Waals surface area contributed by atoms with Gasteiger partial charge in [-0.25, -0.2) is 4.79 Å². The first-order chi connectivity index (χ1) is 14.0. The number of anilines is 1. The number of hydrogen-bond acceptors (Lipinski definition) is 5. The van der Waals surface area contributed by atoms with Crippen LogP contribution in [0.25, 0.3) is 0 Å². The molecule has 0 saturated carbocycles. The molecule has 0 bridgehead atoms. The molecule has 0 aliphatic carbocycles. The first kappa shape index (κ1) is 20.5. The molecular formula is C22H25N3O4. The average Bonchev–Trinajstić information content (AvgIpc) is 2.78. The van der Waals surface area contributed by atoms with Crippen molar-refractivity contribution < 1.29 is 19.1 Å². The number of nitrogens with one attached hydrogen (secondary N) is 1. The molecule has 29 heavy (non-hydrogen) atoms. The summed E-state index contributed by atoms with van der Waals surface area (Å²) in [5, 5.41) is 2.76. The number of benzene rings is 2. The minimum atomic E-state index is -0.818. The SMILES string of the molecule is COC(=O)C1CCCCN1C(=O)c1cccc(NC(=O)C(N)c2ccccc2)c1. The fourth-order valence-electron chi connectivity index (χ4n) is 3.48. The van der Waals surface area contributed by atoms with E-state index in [1.54, 1.807) is 41.3 Å².